The Balaban J connectivity index is 1.87. The number of hydrogen-bond acceptors (Lipinski definition) is 4. The quantitative estimate of drug-likeness (QED) is 0.318. The molecule has 0 aromatic heterocycles. The van der Waals surface area contributed by atoms with E-state index in [0.29, 0.717) is 18.0 Å². The van der Waals surface area contributed by atoms with Gasteiger partial charge in [0.05, 0.1) is 11.9 Å². The molecule has 0 aliphatic heterocycles. The molecule has 0 radical (unpaired) electrons. The molecule has 0 aliphatic rings. The molecule has 0 spiro atoms. The molecule has 0 fully saturated rings. The Kier molecular flexibility index (Phi) is 10.9. The van der Waals surface area contributed by atoms with Gasteiger partial charge in [0.1, 0.15) is 11.9 Å². The summed E-state index contributed by atoms with van der Waals surface area (Å²) in [7, 11) is -3.80. The van der Waals surface area contributed by atoms with Crippen molar-refractivity contribution in [2.75, 3.05) is 23.7 Å². The first kappa shape index (κ1) is 30.1. The summed E-state index contributed by atoms with van der Waals surface area (Å²) in [5.74, 6) is -1.29. The first-order chi connectivity index (χ1) is 18.6. The number of sulfonamides is 1. The summed E-state index contributed by atoms with van der Waals surface area (Å²) in [6.07, 6.45) is 1.37. The van der Waals surface area contributed by atoms with E-state index in [-0.39, 0.29) is 43.4 Å². The third-order valence-electron chi connectivity index (χ3n) is 6.14. The topological polar surface area (TPSA) is 86.8 Å². The number of hydrogen-bond donors (Lipinski definition) is 1. The number of nitrogens with zero attached hydrogens (tertiary/aromatic N) is 2. The van der Waals surface area contributed by atoms with Gasteiger partial charge in [-0.1, -0.05) is 66.2 Å². The first-order valence-electron chi connectivity index (χ1n) is 12.7. The van der Waals surface area contributed by atoms with Gasteiger partial charge >= 0.3 is 0 Å². The molecular formula is C29H33ClFN3O4S. The van der Waals surface area contributed by atoms with E-state index < -0.39 is 21.9 Å². The summed E-state index contributed by atoms with van der Waals surface area (Å²) in [5.41, 5.74) is 1.57. The fourth-order valence-electron chi connectivity index (χ4n) is 4.31. The first-order valence-corrected chi connectivity index (χ1v) is 14.9. The van der Waals surface area contributed by atoms with Crippen molar-refractivity contribution in [3.63, 3.8) is 0 Å². The van der Waals surface area contributed by atoms with Crippen LogP contribution < -0.4 is 9.62 Å². The van der Waals surface area contributed by atoms with Crippen molar-refractivity contribution in [1.82, 2.24) is 10.2 Å². The van der Waals surface area contributed by atoms with Crippen LogP contribution in [-0.2, 0) is 32.6 Å². The van der Waals surface area contributed by atoms with Gasteiger partial charge in [0.2, 0.25) is 21.8 Å². The van der Waals surface area contributed by atoms with Crippen molar-refractivity contribution >= 4 is 39.1 Å². The molecule has 0 aliphatic carbocycles. The Labute approximate surface area is 234 Å². The van der Waals surface area contributed by atoms with E-state index in [1.165, 1.54) is 23.1 Å². The van der Waals surface area contributed by atoms with Crippen LogP contribution in [0.2, 0.25) is 5.02 Å². The van der Waals surface area contributed by atoms with Crippen LogP contribution in [0.1, 0.15) is 30.9 Å². The van der Waals surface area contributed by atoms with Crippen LogP contribution in [0.25, 0.3) is 0 Å². The maximum Gasteiger partial charge on any atom is 0.243 e. The molecule has 3 rings (SSSR count). The smallest absolute Gasteiger partial charge is 0.243 e. The molecule has 7 nitrogen and oxygen atoms in total. The van der Waals surface area contributed by atoms with E-state index in [4.69, 9.17) is 11.6 Å². The number of halogens is 2. The zero-order valence-electron chi connectivity index (χ0n) is 22.0. The predicted octanol–water partition coefficient (Wildman–Crippen LogP) is 4.80. The Morgan fingerprint density at radius 1 is 0.974 bits per heavy atom. The Hall–Kier alpha value is -3.43. The molecule has 0 bridgehead atoms. The molecule has 1 atom stereocenters. The number of rotatable bonds is 13. The minimum absolute atomic E-state index is 0.0499. The highest BCUT2D eigenvalue weighted by atomic mass is 35.5. The van der Waals surface area contributed by atoms with Crippen LogP contribution in [0.3, 0.4) is 0 Å². The van der Waals surface area contributed by atoms with Gasteiger partial charge in [0, 0.05) is 37.5 Å². The van der Waals surface area contributed by atoms with Crippen molar-refractivity contribution in [1.29, 1.82) is 0 Å². The second kappa shape index (κ2) is 14.1. The number of likely N-dealkylation sites (N-methyl/N-ethyl adjacent to an activating group) is 1. The lowest BCUT2D eigenvalue weighted by molar-refractivity contribution is -0.141. The molecule has 0 heterocycles. The van der Waals surface area contributed by atoms with E-state index in [0.717, 1.165) is 21.7 Å². The Bertz CT molecular complexity index is 1370. The van der Waals surface area contributed by atoms with Crippen molar-refractivity contribution in [3.05, 3.63) is 101 Å². The number of anilines is 1. The Morgan fingerprint density at radius 2 is 1.64 bits per heavy atom. The van der Waals surface area contributed by atoms with Crippen LogP contribution in [0.15, 0.2) is 78.9 Å². The maximum atomic E-state index is 14.4. The molecule has 2 amide bonds. The van der Waals surface area contributed by atoms with Gasteiger partial charge in [0.25, 0.3) is 0 Å². The average molecular weight is 574 g/mol. The van der Waals surface area contributed by atoms with Gasteiger partial charge < -0.3 is 10.2 Å². The number of nitrogens with one attached hydrogen (secondary N) is 1. The highest BCUT2D eigenvalue weighted by Gasteiger charge is 2.30. The van der Waals surface area contributed by atoms with Gasteiger partial charge in [0.15, 0.2) is 0 Å². The minimum Gasteiger partial charge on any atom is -0.355 e. The van der Waals surface area contributed by atoms with E-state index in [9.17, 15) is 22.4 Å². The molecular weight excluding hydrogens is 541 g/mol. The highest BCUT2D eigenvalue weighted by molar-refractivity contribution is 7.92. The summed E-state index contributed by atoms with van der Waals surface area (Å²) in [6, 6.07) is 21.3. The summed E-state index contributed by atoms with van der Waals surface area (Å²) in [5, 5.41) is 3.34. The third kappa shape index (κ3) is 8.80. The summed E-state index contributed by atoms with van der Waals surface area (Å²) in [4.78, 5) is 28.4. The second-order valence-corrected chi connectivity index (χ2v) is 11.5. The zero-order chi connectivity index (χ0) is 28.4. The highest BCUT2D eigenvalue weighted by Crippen LogP contribution is 2.23. The summed E-state index contributed by atoms with van der Waals surface area (Å²) < 4.78 is 40.2. The fraction of sp³-hybridized carbons (Fsp3) is 0.310. The van der Waals surface area contributed by atoms with Gasteiger partial charge in [-0.2, -0.15) is 0 Å². The molecule has 0 unspecified atom stereocenters. The van der Waals surface area contributed by atoms with Gasteiger partial charge in [-0.05, 0) is 48.7 Å². The van der Waals surface area contributed by atoms with Gasteiger partial charge in [-0.25, -0.2) is 12.8 Å². The van der Waals surface area contributed by atoms with E-state index in [1.807, 2.05) is 43.3 Å². The van der Waals surface area contributed by atoms with Crippen LogP contribution in [0.5, 0.6) is 0 Å². The van der Waals surface area contributed by atoms with E-state index in [1.54, 1.807) is 24.3 Å². The van der Waals surface area contributed by atoms with Crippen molar-refractivity contribution in [2.24, 2.45) is 0 Å². The lowest BCUT2D eigenvalue weighted by Crippen LogP contribution is -2.50. The third-order valence-corrected chi connectivity index (χ3v) is 7.55. The molecule has 3 aromatic rings. The molecule has 0 saturated heterocycles. The molecule has 10 heteroatoms. The predicted molar refractivity (Wildman–Crippen MR) is 152 cm³/mol. The largest absolute Gasteiger partial charge is 0.355 e. The molecule has 1 N–H and O–H groups in total. The van der Waals surface area contributed by atoms with Crippen LogP contribution in [-0.4, -0.2) is 50.5 Å². The summed E-state index contributed by atoms with van der Waals surface area (Å²) in [6.45, 7) is 2.25. The van der Waals surface area contributed by atoms with E-state index >= 15 is 0 Å². The molecule has 39 heavy (non-hydrogen) atoms. The zero-order valence-corrected chi connectivity index (χ0v) is 23.6. The fourth-order valence-corrected chi connectivity index (χ4v) is 5.49. The standard InChI is InChI=1S/C29H33ClFN3O4S/c1-3-32-29(36)27(20-22-11-5-4-6-12-22)33(21-23-13-9-14-24(30)19-23)28(35)17-10-18-34(39(2,37)38)26-16-8-7-15-25(26)31/h4-9,11-16,19,27H,3,10,17-18,20-21H2,1-2H3,(H,32,36)/t27-/m0/s1. The van der Waals surface area contributed by atoms with Crippen LogP contribution in [0.4, 0.5) is 10.1 Å². The lowest BCUT2D eigenvalue weighted by Gasteiger charge is -2.32. The van der Waals surface area contributed by atoms with Gasteiger partial charge in [-0.3, -0.25) is 13.9 Å². The molecule has 208 valence electrons. The second-order valence-electron chi connectivity index (χ2n) is 9.14. The van der Waals surface area contributed by atoms with Gasteiger partial charge in [-0.15, -0.1) is 0 Å². The molecule has 3 aromatic carbocycles. The van der Waals surface area contributed by atoms with E-state index in [2.05, 4.69) is 5.32 Å². The Morgan fingerprint density at radius 3 is 2.28 bits per heavy atom. The lowest BCUT2D eigenvalue weighted by atomic mass is 10.0. The number of benzene rings is 3. The number of para-hydroxylation sites is 1. The number of amides is 2. The van der Waals surface area contributed by atoms with Crippen LogP contribution >= 0.6 is 11.6 Å². The minimum atomic E-state index is -3.80. The SMILES string of the molecule is CCNC(=O)[C@H](Cc1ccccc1)N(Cc1cccc(Cl)c1)C(=O)CCCN(c1ccccc1F)S(C)(=O)=O. The average Bonchev–Trinajstić information content (AvgIpc) is 2.89. The molecule has 0 saturated carbocycles. The van der Waals surface area contributed by atoms with Crippen molar-refractivity contribution in [2.45, 2.75) is 38.8 Å². The summed E-state index contributed by atoms with van der Waals surface area (Å²) >= 11 is 6.19. The maximum absolute atomic E-state index is 14.4. The van der Waals surface area contributed by atoms with Crippen molar-refractivity contribution in [3.8, 4) is 0 Å². The normalized spacial score (nSPS) is 12.0. The monoisotopic (exact) mass is 573 g/mol. The number of carbonyl (C=O) groups is 2. The van der Waals surface area contributed by atoms with Crippen LogP contribution in [0, 0.1) is 5.82 Å². The van der Waals surface area contributed by atoms with Crippen molar-refractivity contribution < 1.29 is 22.4 Å². The number of carbonyl (C=O) groups excluding carboxylic acids is 2.